The molecule has 0 aliphatic carbocycles. The lowest BCUT2D eigenvalue weighted by Gasteiger charge is -2.15. The molecule has 1 aliphatic heterocycles. The lowest BCUT2D eigenvalue weighted by atomic mass is 10.1. The summed E-state index contributed by atoms with van der Waals surface area (Å²) in [6.45, 7) is 2.09. The van der Waals surface area contributed by atoms with Crippen LogP contribution in [0.3, 0.4) is 0 Å². The summed E-state index contributed by atoms with van der Waals surface area (Å²) in [5.41, 5.74) is 1.58. The molecule has 6 nitrogen and oxygen atoms in total. The third kappa shape index (κ3) is 2.82. The maximum absolute atomic E-state index is 12.7. The van der Waals surface area contributed by atoms with Crippen molar-refractivity contribution in [3.05, 3.63) is 70.0 Å². The van der Waals surface area contributed by atoms with Crippen molar-refractivity contribution in [1.82, 2.24) is 10.3 Å². The molecule has 2 heterocycles. The number of nitrogens with one attached hydrogen (secondary N) is 2. The van der Waals surface area contributed by atoms with Crippen LogP contribution < -0.4 is 20.3 Å². The molecular weight excluding hydrogens is 320 g/mol. The summed E-state index contributed by atoms with van der Waals surface area (Å²) in [5.74, 6) is 1.07. The smallest absolute Gasteiger partial charge is 0.252 e. The van der Waals surface area contributed by atoms with E-state index in [0.717, 1.165) is 5.56 Å². The van der Waals surface area contributed by atoms with Crippen LogP contribution in [-0.4, -0.2) is 17.7 Å². The number of fused-ring (bicyclic) bond motifs is 2. The predicted octanol–water partition coefficient (Wildman–Crippen LogP) is 2.75. The Morgan fingerprint density at radius 3 is 2.80 bits per heavy atom. The molecule has 6 heteroatoms. The van der Waals surface area contributed by atoms with Crippen LogP contribution in [0.5, 0.6) is 11.5 Å². The minimum Gasteiger partial charge on any atom is -0.454 e. The Morgan fingerprint density at radius 2 is 1.92 bits per heavy atom. The zero-order valence-electron chi connectivity index (χ0n) is 13.5. The van der Waals surface area contributed by atoms with Gasteiger partial charge in [0.15, 0.2) is 11.5 Å². The van der Waals surface area contributed by atoms with E-state index in [1.807, 2.05) is 43.3 Å². The van der Waals surface area contributed by atoms with Crippen molar-refractivity contribution in [3.8, 4) is 11.5 Å². The molecule has 0 saturated carbocycles. The van der Waals surface area contributed by atoms with Gasteiger partial charge in [0.05, 0.1) is 11.6 Å². The van der Waals surface area contributed by atoms with E-state index in [1.165, 1.54) is 6.07 Å². The molecule has 1 aromatic heterocycles. The van der Waals surface area contributed by atoms with Crippen LogP contribution in [0.2, 0.25) is 0 Å². The molecule has 1 amide bonds. The Bertz CT molecular complexity index is 1030. The van der Waals surface area contributed by atoms with Crippen molar-refractivity contribution in [1.29, 1.82) is 0 Å². The molecule has 1 unspecified atom stereocenters. The maximum atomic E-state index is 12.7. The average molecular weight is 336 g/mol. The van der Waals surface area contributed by atoms with Crippen molar-refractivity contribution >= 4 is 16.8 Å². The molecule has 0 spiro atoms. The first kappa shape index (κ1) is 15.3. The largest absolute Gasteiger partial charge is 0.454 e. The molecule has 2 N–H and O–H groups in total. The number of carbonyl (C=O) groups excluding carboxylic acids is 1. The van der Waals surface area contributed by atoms with E-state index in [2.05, 4.69) is 10.3 Å². The van der Waals surface area contributed by atoms with E-state index in [1.54, 1.807) is 6.07 Å². The van der Waals surface area contributed by atoms with Gasteiger partial charge >= 0.3 is 0 Å². The van der Waals surface area contributed by atoms with Crippen LogP contribution in [0.25, 0.3) is 10.9 Å². The highest BCUT2D eigenvalue weighted by Crippen LogP contribution is 2.34. The van der Waals surface area contributed by atoms with Crippen LogP contribution in [0.1, 0.15) is 28.9 Å². The fraction of sp³-hybridized carbons (Fsp3) is 0.158. The lowest BCUT2D eigenvalue weighted by Crippen LogP contribution is -2.28. The fourth-order valence-electron chi connectivity index (χ4n) is 2.93. The van der Waals surface area contributed by atoms with E-state index < -0.39 is 0 Å². The van der Waals surface area contributed by atoms with Crippen LogP contribution in [-0.2, 0) is 0 Å². The molecule has 1 atom stereocenters. The van der Waals surface area contributed by atoms with Gasteiger partial charge in [0.2, 0.25) is 12.4 Å². The van der Waals surface area contributed by atoms with E-state index >= 15 is 0 Å². The van der Waals surface area contributed by atoms with Gasteiger partial charge in [0.1, 0.15) is 0 Å². The quantitative estimate of drug-likeness (QED) is 0.771. The van der Waals surface area contributed by atoms with Crippen LogP contribution in [0.4, 0.5) is 0 Å². The highest BCUT2D eigenvalue weighted by molar-refractivity contribution is 6.06. The Kier molecular flexibility index (Phi) is 3.65. The number of pyridine rings is 1. The van der Waals surface area contributed by atoms with Crippen LogP contribution >= 0.6 is 0 Å². The molecule has 0 fully saturated rings. The van der Waals surface area contributed by atoms with E-state index in [4.69, 9.17) is 9.47 Å². The molecule has 1 aliphatic rings. The number of hydrogen-bond acceptors (Lipinski definition) is 4. The summed E-state index contributed by atoms with van der Waals surface area (Å²) in [7, 11) is 0. The number of para-hydroxylation sites is 1. The van der Waals surface area contributed by atoms with E-state index in [9.17, 15) is 9.59 Å². The fourth-order valence-corrected chi connectivity index (χ4v) is 2.93. The second-order valence-corrected chi connectivity index (χ2v) is 5.90. The first-order chi connectivity index (χ1) is 12.1. The SMILES string of the molecule is CC(NC(=O)c1cc(=O)[nH]c2ccccc12)c1ccc2c(c1)OCO2. The van der Waals surface area contributed by atoms with Gasteiger partial charge in [-0.3, -0.25) is 9.59 Å². The van der Waals surface area contributed by atoms with Crippen molar-refractivity contribution in [2.24, 2.45) is 0 Å². The van der Waals surface area contributed by atoms with Crippen molar-refractivity contribution in [2.45, 2.75) is 13.0 Å². The first-order valence-electron chi connectivity index (χ1n) is 7.94. The van der Waals surface area contributed by atoms with Gasteiger partial charge < -0.3 is 19.8 Å². The van der Waals surface area contributed by atoms with Crippen LogP contribution in [0, 0.1) is 0 Å². The molecule has 25 heavy (non-hydrogen) atoms. The Balaban J connectivity index is 1.63. The van der Waals surface area contributed by atoms with Crippen molar-refractivity contribution in [3.63, 3.8) is 0 Å². The van der Waals surface area contributed by atoms with Gasteiger partial charge in [-0.1, -0.05) is 24.3 Å². The van der Waals surface area contributed by atoms with E-state index in [0.29, 0.717) is 28.0 Å². The summed E-state index contributed by atoms with van der Waals surface area (Å²) >= 11 is 0. The molecule has 2 aromatic carbocycles. The summed E-state index contributed by atoms with van der Waals surface area (Å²) in [5, 5.41) is 3.64. The van der Waals surface area contributed by atoms with Gasteiger partial charge in [-0.2, -0.15) is 0 Å². The zero-order valence-corrected chi connectivity index (χ0v) is 13.5. The Labute approximate surface area is 143 Å². The molecule has 4 rings (SSSR count). The monoisotopic (exact) mass is 336 g/mol. The predicted molar refractivity (Wildman–Crippen MR) is 93.0 cm³/mol. The number of H-pyrrole nitrogens is 1. The Hall–Kier alpha value is -3.28. The first-order valence-corrected chi connectivity index (χ1v) is 7.94. The maximum Gasteiger partial charge on any atom is 0.252 e. The van der Waals surface area contributed by atoms with Gasteiger partial charge in [0.25, 0.3) is 5.91 Å². The number of aromatic amines is 1. The molecule has 3 aromatic rings. The van der Waals surface area contributed by atoms with Gasteiger partial charge in [0, 0.05) is 17.0 Å². The summed E-state index contributed by atoms with van der Waals surface area (Å²) in [6, 6.07) is 13.9. The number of carbonyl (C=O) groups is 1. The van der Waals surface area contributed by atoms with Gasteiger partial charge in [-0.15, -0.1) is 0 Å². The van der Waals surface area contributed by atoms with Crippen molar-refractivity contribution in [2.75, 3.05) is 6.79 Å². The summed E-state index contributed by atoms with van der Waals surface area (Å²) < 4.78 is 10.7. The number of ether oxygens (including phenoxy) is 2. The normalized spacial score (nSPS) is 13.6. The number of benzene rings is 2. The summed E-state index contributed by atoms with van der Waals surface area (Å²) in [6.07, 6.45) is 0. The minimum atomic E-state index is -0.306. The highest BCUT2D eigenvalue weighted by atomic mass is 16.7. The number of rotatable bonds is 3. The second kappa shape index (κ2) is 5.98. The number of aromatic nitrogens is 1. The van der Waals surface area contributed by atoms with E-state index in [-0.39, 0.29) is 24.3 Å². The molecule has 0 saturated heterocycles. The lowest BCUT2D eigenvalue weighted by molar-refractivity contribution is 0.0941. The second-order valence-electron chi connectivity index (χ2n) is 5.90. The average Bonchev–Trinajstić information content (AvgIpc) is 3.08. The minimum absolute atomic E-state index is 0.207. The molecular formula is C19H16N2O4. The molecule has 126 valence electrons. The highest BCUT2D eigenvalue weighted by Gasteiger charge is 2.18. The number of amides is 1. The third-order valence-electron chi connectivity index (χ3n) is 4.24. The van der Waals surface area contributed by atoms with Crippen LogP contribution in [0.15, 0.2) is 53.3 Å². The third-order valence-corrected chi connectivity index (χ3v) is 4.24. The van der Waals surface area contributed by atoms with Crippen molar-refractivity contribution < 1.29 is 14.3 Å². The summed E-state index contributed by atoms with van der Waals surface area (Å²) in [4.78, 5) is 27.3. The zero-order chi connectivity index (χ0) is 17.4. The van der Waals surface area contributed by atoms with Gasteiger partial charge in [-0.25, -0.2) is 0 Å². The molecule has 0 radical (unpaired) electrons. The standard InChI is InChI=1S/C19H16N2O4/c1-11(12-6-7-16-17(8-12)25-10-24-16)20-19(23)14-9-18(22)21-15-5-3-2-4-13(14)15/h2-9,11H,10H2,1H3,(H,20,23)(H,21,22). The Morgan fingerprint density at radius 1 is 1.12 bits per heavy atom. The molecule has 0 bridgehead atoms. The van der Waals surface area contributed by atoms with Gasteiger partial charge in [-0.05, 0) is 30.7 Å². The number of hydrogen-bond donors (Lipinski definition) is 2. The topological polar surface area (TPSA) is 80.4 Å².